The number of anilines is 1. The molecule has 0 spiro atoms. The van der Waals surface area contributed by atoms with E-state index < -0.39 is 30.1 Å². The molecule has 0 bridgehead atoms. The minimum absolute atomic E-state index is 0.0933. The van der Waals surface area contributed by atoms with Gasteiger partial charge < -0.3 is 19.5 Å². The van der Waals surface area contributed by atoms with E-state index in [2.05, 4.69) is 5.32 Å². The van der Waals surface area contributed by atoms with Crippen LogP contribution in [0.3, 0.4) is 0 Å². The van der Waals surface area contributed by atoms with Crippen molar-refractivity contribution in [3.63, 3.8) is 0 Å². The second-order valence-corrected chi connectivity index (χ2v) is 7.77. The van der Waals surface area contributed by atoms with Crippen molar-refractivity contribution in [1.29, 1.82) is 0 Å². The molecule has 0 saturated heterocycles. The maximum absolute atomic E-state index is 12.9. The summed E-state index contributed by atoms with van der Waals surface area (Å²) < 4.78 is 18.8. The van der Waals surface area contributed by atoms with E-state index in [1.54, 1.807) is 49.0 Å². The lowest BCUT2D eigenvalue weighted by atomic mass is 10.1. The van der Waals surface area contributed by atoms with Crippen molar-refractivity contribution in [3.05, 3.63) is 70.1 Å². The van der Waals surface area contributed by atoms with Crippen molar-refractivity contribution in [2.45, 2.75) is 26.9 Å². The van der Waals surface area contributed by atoms with E-state index in [9.17, 15) is 19.2 Å². The number of carbonyl (C=O) groups excluding carboxylic acids is 3. The van der Waals surface area contributed by atoms with Crippen molar-refractivity contribution in [2.75, 3.05) is 19.0 Å². The maximum Gasteiger partial charge on any atom is 0.344 e. The van der Waals surface area contributed by atoms with E-state index in [1.807, 2.05) is 6.07 Å². The molecule has 0 fully saturated rings. The summed E-state index contributed by atoms with van der Waals surface area (Å²) in [5, 5.41) is 2.56. The summed E-state index contributed by atoms with van der Waals surface area (Å²) in [4.78, 5) is 49.3. The molecule has 0 aliphatic carbocycles. The normalized spacial score (nSPS) is 11.5. The molecule has 3 aromatic rings. The Bertz CT molecular complexity index is 1310. The highest BCUT2D eigenvalue weighted by Crippen LogP contribution is 2.28. The Kier molecular flexibility index (Phi) is 7.75. The van der Waals surface area contributed by atoms with E-state index in [-0.39, 0.29) is 23.0 Å². The number of nitrogens with one attached hydrogen (secondary N) is 1. The fourth-order valence-corrected chi connectivity index (χ4v) is 3.36. The Hall–Kier alpha value is -4.34. The van der Waals surface area contributed by atoms with E-state index in [0.717, 1.165) is 0 Å². The van der Waals surface area contributed by atoms with Gasteiger partial charge in [-0.05, 0) is 51.1 Å². The lowest BCUT2D eigenvalue weighted by Gasteiger charge is -2.14. The molecule has 10 heteroatoms. The molecule has 1 N–H and O–H groups in total. The number of carbonyl (C=O) groups is 3. The van der Waals surface area contributed by atoms with Gasteiger partial charge in [-0.3, -0.25) is 19.1 Å². The number of ketones is 1. The van der Waals surface area contributed by atoms with Crippen LogP contribution in [0.25, 0.3) is 5.69 Å². The fourth-order valence-electron chi connectivity index (χ4n) is 3.36. The second kappa shape index (κ2) is 10.7. The molecule has 1 aromatic heterocycles. The van der Waals surface area contributed by atoms with E-state index in [4.69, 9.17) is 14.2 Å². The summed E-state index contributed by atoms with van der Waals surface area (Å²) in [7, 11) is 3.12. The monoisotopic (exact) mass is 481 g/mol. The highest BCUT2D eigenvalue weighted by Gasteiger charge is 2.23. The zero-order valence-corrected chi connectivity index (χ0v) is 20.2. The topological polar surface area (TPSA) is 118 Å². The molecule has 10 nitrogen and oxygen atoms in total. The van der Waals surface area contributed by atoms with Crippen LogP contribution in [0.1, 0.15) is 29.9 Å². The standard InChI is InChI=1S/C25H27N3O7/c1-15-23(25(32)28(27(15)4)19-9-7-6-8-10-19)26-24(31)17(3)35-22(30)14-34-20-12-11-18(16(2)29)13-21(20)33-5/h6-13,17H,14H2,1-5H3,(H,26,31). The third kappa shape index (κ3) is 5.60. The molecule has 3 rings (SSSR count). The second-order valence-electron chi connectivity index (χ2n) is 7.77. The van der Waals surface area contributed by atoms with Crippen LogP contribution in [0.2, 0.25) is 0 Å². The Labute approximate surface area is 202 Å². The van der Waals surface area contributed by atoms with Crippen LogP contribution in [-0.4, -0.2) is 46.8 Å². The first-order valence-electron chi connectivity index (χ1n) is 10.8. The molecule has 0 aliphatic heterocycles. The molecular weight excluding hydrogens is 454 g/mol. The van der Waals surface area contributed by atoms with Gasteiger partial charge >= 0.3 is 5.97 Å². The number of hydrogen-bond acceptors (Lipinski definition) is 7. The van der Waals surface area contributed by atoms with Crippen LogP contribution in [0.15, 0.2) is 53.3 Å². The zero-order chi connectivity index (χ0) is 25.7. The summed E-state index contributed by atoms with van der Waals surface area (Å²) in [6, 6.07) is 13.6. The summed E-state index contributed by atoms with van der Waals surface area (Å²) in [5.74, 6) is -1.07. The van der Waals surface area contributed by atoms with Crippen LogP contribution in [0, 0.1) is 6.92 Å². The van der Waals surface area contributed by atoms with Gasteiger partial charge in [-0.2, -0.15) is 0 Å². The van der Waals surface area contributed by atoms with Crippen molar-refractivity contribution in [3.8, 4) is 17.2 Å². The summed E-state index contributed by atoms with van der Waals surface area (Å²) in [5.41, 5.74) is 1.30. The Morgan fingerprint density at radius 1 is 1.06 bits per heavy atom. The van der Waals surface area contributed by atoms with Crippen LogP contribution in [-0.2, 0) is 21.4 Å². The number of rotatable bonds is 9. The lowest BCUT2D eigenvalue weighted by molar-refractivity contribution is -0.155. The van der Waals surface area contributed by atoms with Crippen molar-refractivity contribution in [2.24, 2.45) is 7.05 Å². The molecule has 184 valence electrons. The van der Waals surface area contributed by atoms with Crippen LogP contribution >= 0.6 is 0 Å². The van der Waals surface area contributed by atoms with Gasteiger partial charge in [0.15, 0.2) is 30.0 Å². The van der Waals surface area contributed by atoms with Gasteiger partial charge in [0.25, 0.3) is 11.5 Å². The van der Waals surface area contributed by atoms with Gasteiger partial charge in [0.1, 0.15) is 5.69 Å². The van der Waals surface area contributed by atoms with Crippen molar-refractivity contribution < 1.29 is 28.6 Å². The highest BCUT2D eigenvalue weighted by molar-refractivity contribution is 5.96. The number of aromatic nitrogens is 2. The Morgan fingerprint density at radius 3 is 2.37 bits per heavy atom. The maximum atomic E-state index is 12.9. The third-order valence-electron chi connectivity index (χ3n) is 5.40. The Balaban J connectivity index is 1.64. The van der Waals surface area contributed by atoms with Gasteiger partial charge in [0.2, 0.25) is 0 Å². The molecule has 1 atom stereocenters. The van der Waals surface area contributed by atoms with E-state index in [0.29, 0.717) is 16.9 Å². The van der Waals surface area contributed by atoms with Crippen LogP contribution in [0.5, 0.6) is 11.5 Å². The average Bonchev–Trinajstić information content (AvgIpc) is 3.05. The molecule has 0 radical (unpaired) electrons. The molecule has 1 heterocycles. The first kappa shape index (κ1) is 25.3. The SMILES string of the molecule is COc1cc(C(C)=O)ccc1OCC(=O)OC(C)C(=O)Nc1c(C)n(C)n(-c2ccccc2)c1=O. The minimum Gasteiger partial charge on any atom is -0.493 e. The third-order valence-corrected chi connectivity index (χ3v) is 5.40. The zero-order valence-electron chi connectivity index (χ0n) is 20.2. The number of Topliss-reactive ketones (excluding diaryl/α,β-unsaturated/α-hetero) is 1. The summed E-state index contributed by atoms with van der Waals surface area (Å²) in [6.45, 7) is 4.03. The predicted octanol–water partition coefficient (Wildman–Crippen LogP) is 2.64. The molecule has 35 heavy (non-hydrogen) atoms. The predicted molar refractivity (Wildman–Crippen MR) is 128 cm³/mol. The van der Waals surface area contributed by atoms with Gasteiger partial charge in [0.05, 0.1) is 18.5 Å². The van der Waals surface area contributed by atoms with Gasteiger partial charge in [-0.15, -0.1) is 0 Å². The molecule has 1 amide bonds. The van der Waals surface area contributed by atoms with Crippen LogP contribution in [0.4, 0.5) is 5.69 Å². The van der Waals surface area contributed by atoms with Gasteiger partial charge in [-0.1, -0.05) is 18.2 Å². The quantitative estimate of drug-likeness (QED) is 0.369. The first-order chi connectivity index (χ1) is 16.6. The number of amides is 1. The van der Waals surface area contributed by atoms with Crippen LogP contribution < -0.4 is 20.3 Å². The number of esters is 1. The van der Waals surface area contributed by atoms with Crippen molar-refractivity contribution >= 4 is 23.3 Å². The molecule has 1 unspecified atom stereocenters. The van der Waals surface area contributed by atoms with E-state index in [1.165, 1.54) is 37.8 Å². The number of methoxy groups -OCH3 is 1. The number of para-hydroxylation sites is 1. The number of ether oxygens (including phenoxy) is 3. The number of hydrogen-bond donors (Lipinski definition) is 1. The Morgan fingerprint density at radius 2 is 1.74 bits per heavy atom. The molecule has 0 saturated carbocycles. The molecule has 0 aliphatic rings. The minimum atomic E-state index is -1.18. The van der Waals surface area contributed by atoms with Gasteiger partial charge in [0, 0.05) is 12.6 Å². The molecule has 2 aromatic carbocycles. The average molecular weight is 482 g/mol. The summed E-state index contributed by atoms with van der Waals surface area (Å²) >= 11 is 0. The van der Waals surface area contributed by atoms with Gasteiger partial charge in [-0.25, -0.2) is 9.48 Å². The largest absolute Gasteiger partial charge is 0.493 e. The van der Waals surface area contributed by atoms with Crippen molar-refractivity contribution in [1.82, 2.24) is 9.36 Å². The molecular formula is C25H27N3O7. The van der Waals surface area contributed by atoms with E-state index >= 15 is 0 Å². The lowest BCUT2D eigenvalue weighted by Crippen LogP contribution is -2.33. The number of benzene rings is 2. The highest BCUT2D eigenvalue weighted by atomic mass is 16.6. The fraction of sp³-hybridized carbons (Fsp3) is 0.280. The summed E-state index contributed by atoms with van der Waals surface area (Å²) in [6.07, 6.45) is -1.18. The number of nitrogens with zero attached hydrogens (tertiary/aromatic N) is 2. The first-order valence-corrected chi connectivity index (χ1v) is 10.8. The smallest absolute Gasteiger partial charge is 0.344 e.